The average Bonchev–Trinajstić information content (AvgIpc) is 2.17. The summed E-state index contributed by atoms with van der Waals surface area (Å²) in [6, 6.07) is 10.5. The van der Waals surface area contributed by atoms with E-state index in [0.717, 1.165) is 19.3 Å². The first-order valence-corrected chi connectivity index (χ1v) is 5.53. The minimum absolute atomic E-state index is 0.0794. The van der Waals surface area contributed by atoms with Crippen molar-refractivity contribution in [2.75, 3.05) is 0 Å². The van der Waals surface area contributed by atoms with Crippen LogP contribution in [0.3, 0.4) is 0 Å². The van der Waals surface area contributed by atoms with Crippen LogP contribution in [0.4, 0.5) is 0 Å². The molecule has 1 aliphatic carbocycles. The van der Waals surface area contributed by atoms with Gasteiger partial charge in [0.25, 0.3) is 0 Å². The molecule has 0 heterocycles. The second-order valence-electron chi connectivity index (χ2n) is 4.30. The summed E-state index contributed by atoms with van der Waals surface area (Å²) < 4.78 is 0. The SMILES string of the molecule is CCC(O)C1(c2ccccc2)CCC1. The van der Waals surface area contributed by atoms with Crippen LogP contribution in [0.5, 0.6) is 0 Å². The van der Waals surface area contributed by atoms with E-state index < -0.39 is 0 Å². The van der Waals surface area contributed by atoms with Crippen LogP contribution in [0.25, 0.3) is 0 Å². The van der Waals surface area contributed by atoms with Crippen molar-refractivity contribution in [3.05, 3.63) is 35.9 Å². The van der Waals surface area contributed by atoms with E-state index in [1.807, 2.05) is 6.07 Å². The minimum Gasteiger partial charge on any atom is -0.392 e. The van der Waals surface area contributed by atoms with Crippen molar-refractivity contribution in [1.82, 2.24) is 0 Å². The average molecular weight is 190 g/mol. The quantitative estimate of drug-likeness (QED) is 0.777. The summed E-state index contributed by atoms with van der Waals surface area (Å²) in [5.74, 6) is 0. The Morgan fingerprint density at radius 3 is 2.36 bits per heavy atom. The number of aliphatic hydroxyl groups is 1. The maximum absolute atomic E-state index is 10.1. The summed E-state index contributed by atoms with van der Waals surface area (Å²) in [6.45, 7) is 2.06. The monoisotopic (exact) mass is 190 g/mol. The number of benzene rings is 1. The van der Waals surface area contributed by atoms with Crippen molar-refractivity contribution in [3.8, 4) is 0 Å². The molecule has 0 radical (unpaired) electrons. The van der Waals surface area contributed by atoms with E-state index in [9.17, 15) is 5.11 Å². The van der Waals surface area contributed by atoms with E-state index in [0.29, 0.717) is 0 Å². The van der Waals surface area contributed by atoms with Gasteiger partial charge in [0.2, 0.25) is 0 Å². The van der Waals surface area contributed by atoms with Gasteiger partial charge in [0.1, 0.15) is 0 Å². The molecule has 0 aliphatic heterocycles. The normalized spacial score (nSPS) is 21.3. The third kappa shape index (κ3) is 1.36. The molecule has 0 amide bonds. The number of hydrogen-bond donors (Lipinski definition) is 1. The molecule has 1 aromatic carbocycles. The highest BCUT2D eigenvalue weighted by molar-refractivity contribution is 5.29. The molecule has 1 nitrogen and oxygen atoms in total. The lowest BCUT2D eigenvalue weighted by Gasteiger charge is -2.46. The summed E-state index contributed by atoms with van der Waals surface area (Å²) in [4.78, 5) is 0. The van der Waals surface area contributed by atoms with Gasteiger partial charge in [0.05, 0.1) is 6.10 Å². The van der Waals surface area contributed by atoms with E-state index in [2.05, 4.69) is 31.2 Å². The number of aliphatic hydroxyl groups excluding tert-OH is 1. The fourth-order valence-electron chi connectivity index (χ4n) is 2.53. The fourth-order valence-corrected chi connectivity index (χ4v) is 2.53. The third-order valence-electron chi connectivity index (χ3n) is 3.62. The van der Waals surface area contributed by atoms with Gasteiger partial charge in [-0.1, -0.05) is 43.7 Å². The zero-order valence-electron chi connectivity index (χ0n) is 8.74. The largest absolute Gasteiger partial charge is 0.392 e. The molecule has 1 saturated carbocycles. The molecule has 1 heteroatoms. The standard InChI is InChI=1S/C13H18O/c1-2-12(14)13(9-6-10-13)11-7-4-3-5-8-11/h3-5,7-8,12,14H,2,6,9-10H2,1H3. The van der Waals surface area contributed by atoms with Crippen LogP contribution in [-0.2, 0) is 5.41 Å². The molecular formula is C13H18O. The van der Waals surface area contributed by atoms with Crippen molar-refractivity contribution >= 4 is 0 Å². The molecule has 1 fully saturated rings. The first-order valence-electron chi connectivity index (χ1n) is 5.53. The van der Waals surface area contributed by atoms with Crippen molar-refractivity contribution in [2.45, 2.75) is 44.1 Å². The zero-order chi connectivity index (χ0) is 10.0. The molecule has 0 spiro atoms. The summed E-state index contributed by atoms with van der Waals surface area (Å²) >= 11 is 0. The highest BCUT2D eigenvalue weighted by Crippen LogP contribution is 2.47. The molecule has 0 saturated heterocycles. The van der Waals surface area contributed by atoms with E-state index >= 15 is 0 Å². The van der Waals surface area contributed by atoms with Gasteiger partial charge >= 0.3 is 0 Å². The smallest absolute Gasteiger partial charge is 0.0634 e. The summed E-state index contributed by atoms with van der Waals surface area (Å²) in [6.07, 6.45) is 4.23. The van der Waals surface area contributed by atoms with Crippen LogP contribution < -0.4 is 0 Å². The van der Waals surface area contributed by atoms with Gasteiger partial charge in [-0.25, -0.2) is 0 Å². The topological polar surface area (TPSA) is 20.2 Å². The highest BCUT2D eigenvalue weighted by Gasteiger charge is 2.43. The lowest BCUT2D eigenvalue weighted by Crippen LogP contribution is -2.45. The van der Waals surface area contributed by atoms with Crippen LogP contribution in [-0.4, -0.2) is 11.2 Å². The fraction of sp³-hybridized carbons (Fsp3) is 0.538. The van der Waals surface area contributed by atoms with Crippen molar-refractivity contribution in [3.63, 3.8) is 0 Å². The molecule has 0 bridgehead atoms. The predicted molar refractivity (Wildman–Crippen MR) is 58.3 cm³/mol. The lowest BCUT2D eigenvalue weighted by molar-refractivity contribution is 0.0257. The first-order chi connectivity index (χ1) is 6.79. The molecule has 1 atom stereocenters. The Bertz CT molecular complexity index is 287. The van der Waals surface area contributed by atoms with E-state index in [1.165, 1.54) is 12.0 Å². The lowest BCUT2D eigenvalue weighted by atomic mass is 9.60. The molecule has 76 valence electrons. The van der Waals surface area contributed by atoms with E-state index in [1.54, 1.807) is 0 Å². The Morgan fingerprint density at radius 2 is 1.93 bits per heavy atom. The van der Waals surface area contributed by atoms with Crippen LogP contribution in [0.15, 0.2) is 30.3 Å². The molecule has 1 unspecified atom stereocenters. The van der Waals surface area contributed by atoms with Gasteiger partial charge in [-0.3, -0.25) is 0 Å². The molecular weight excluding hydrogens is 172 g/mol. The maximum Gasteiger partial charge on any atom is 0.0634 e. The second kappa shape index (κ2) is 3.74. The van der Waals surface area contributed by atoms with Gasteiger partial charge in [-0.2, -0.15) is 0 Å². The van der Waals surface area contributed by atoms with Gasteiger partial charge in [-0.15, -0.1) is 0 Å². The van der Waals surface area contributed by atoms with Crippen LogP contribution in [0.1, 0.15) is 38.2 Å². The Kier molecular flexibility index (Phi) is 2.60. The third-order valence-corrected chi connectivity index (χ3v) is 3.62. The highest BCUT2D eigenvalue weighted by atomic mass is 16.3. The van der Waals surface area contributed by atoms with E-state index in [-0.39, 0.29) is 11.5 Å². The van der Waals surface area contributed by atoms with Crippen LogP contribution >= 0.6 is 0 Å². The Labute approximate surface area is 85.8 Å². The zero-order valence-corrected chi connectivity index (χ0v) is 8.74. The number of hydrogen-bond acceptors (Lipinski definition) is 1. The molecule has 0 aromatic heterocycles. The van der Waals surface area contributed by atoms with Crippen LogP contribution in [0.2, 0.25) is 0 Å². The van der Waals surface area contributed by atoms with Crippen molar-refractivity contribution in [2.24, 2.45) is 0 Å². The van der Waals surface area contributed by atoms with Crippen LogP contribution in [0, 0.1) is 0 Å². The molecule has 1 aliphatic rings. The van der Waals surface area contributed by atoms with Gasteiger partial charge in [0, 0.05) is 5.41 Å². The van der Waals surface area contributed by atoms with Crippen molar-refractivity contribution < 1.29 is 5.11 Å². The molecule has 1 N–H and O–H groups in total. The maximum atomic E-state index is 10.1. The summed E-state index contributed by atoms with van der Waals surface area (Å²) in [5, 5.41) is 10.1. The predicted octanol–water partition coefficient (Wildman–Crippen LogP) is 2.88. The Balaban J connectivity index is 2.29. The second-order valence-corrected chi connectivity index (χ2v) is 4.30. The minimum atomic E-state index is -0.168. The summed E-state index contributed by atoms with van der Waals surface area (Å²) in [5.41, 5.74) is 1.40. The van der Waals surface area contributed by atoms with E-state index in [4.69, 9.17) is 0 Å². The Morgan fingerprint density at radius 1 is 1.29 bits per heavy atom. The van der Waals surface area contributed by atoms with Gasteiger partial charge in [-0.05, 0) is 24.8 Å². The molecule has 1 aromatic rings. The van der Waals surface area contributed by atoms with Gasteiger partial charge in [0.15, 0.2) is 0 Å². The molecule has 2 rings (SSSR count). The molecule has 14 heavy (non-hydrogen) atoms. The number of rotatable bonds is 3. The first kappa shape index (κ1) is 9.72. The Hall–Kier alpha value is -0.820. The van der Waals surface area contributed by atoms with Crippen molar-refractivity contribution in [1.29, 1.82) is 0 Å². The summed E-state index contributed by atoms with van der Waals surface area (Å²) in [7, 11) is 0. The van der Waals surface area contributed by atoms with Gasteiger partial charge < -0.3 is 5.11 Å².